The smallest absolute Gasteiger partial charge is 0.352 e. The van der Waals surface area contributed by atoms with Gasteiger partial charge in [-0.2, -0.15) is 9.61 Å². The Balaban J connectivity index is 0.00000253. The molecule has 1 unspecified atom stereocenters. The van der Waals surface area contributed by atoms with Gasteiger partial charge in [0.2, 0.25) is 5.91 Å². The molecule has 5 heterocycles. The van der Waals surface area contributed by atoms with Gasteiger partial charge in [0.05, 0.1) is 31.5 Å². The Morgan fingerprint density at radius 1 is 1.23 bits per heavy atom. The highest BCUT2D eigenvalue weighted by molar-refractivity contribution is 7.19. The van der Waals surface area contributed by atoms with Crippen LogP contribution < -0.4 is 10.4 Å². The van der Waals surface area contributed by atoms with E-state index in [0.29, 0.717) is 25.3 Å². The van der Waals surface area contributed by atoms with Gasteiger partial charge in [0.1, 0.15) is 16.9 Å². The molecule has 0 saturated carbocycles. The lowest BCUT2D eigenvalue weighted by Crippen LogP contribution is -2.40. The molecule has 2 aliphatic heterocycles. The standard InChI is InChI=1S/C24H26N6O3S.CH4/c1-27-9-7-16(12-27)22(31)28-10-8-18-19(13-28)34-23-20(18)21-25-14-26-30(21)24(32)29(23)11-15-3-5-17(33-2)6-4-15;/h3-6,14,16H,7-13H2,1-2H3;1H4. The van der Waals surface area contributed by atoms with Crippen LogP contribution in [0.25, 0.3) is 15.9 Å². The Labute approximate surface area is 207 Å². The van der Waals surface area contributed by atoms with Crippen molar-refractivity contribution in [2.75, 3.05) is 33.8 Å². The van der Waals surface area contributed by atoms with E-state index in [1.807, 2.05) is 29.2 Å². The molecule has 1 atom stereocenters. The van der Waals surface area contributed by atoms with E-state index < -0.39 is 0 Å². The maximum atomic E-state index is 13.4. The normalized spacial score (nSPS) is 18.1. The molecule has 4 aromatic rings. The maximum Gasteiger partial charge on any atom is 0.352 e. The van der Waals surface area contributed by atoms with Gasteiger partial charge in [-0.25, -0.2) is 9.78 Å². The summed E-state index contributed by atoms with van der Waals surface area (Å²) in [5.74, 6) is 1.10. The van der Waals surface area contributed by atoms with Gasteiger partial charge in [-0.1, -0.05) is 19.6 Å². The highest BCUT2D eigenvalue weighted by atomic mass is 32.1. The summed E-state index contributed by atoms with van der Waals surface area (Å²) in [5, 5.41) is 5.20. The van der Waals surface area contributed by atoms with Crippen LogP contribution in [0.5, 0.6) is 5.75 Å². The van der Waals surface area contributed by atoms with Gasteiger partial charge < -0.3 is 14.5 Å². The second kappa shape index (κ2) is 9.09. The maximum absolute atomic E-state index is 13.4. The monoisotopic (exact) mass is 494 g/mol. The van der Waals surface area contributed by atoms with Crippen LogP contribution in [0.4, 0.5) is 0 Å². The molecule has 10 heteroatoms. The molecule has 2 aliphatic rings. The highest BCUT2D eigenvalue weighted by Gasteiger charge is 2.33. The van der Waals surface area contributed by atoms with Crippen molar-refractivity contribution in [3.63, 3.8) is 0 Å². The third kappa shape index (κ3) is 3.90. The summed E-state index contributed by atoms with van der Waals surface area (Å²) in [6.45, 7) is 3.50. The Morgan fingerprint density at radius 2 is 2.03 bits per heavy atom. The van der Waals surface area contributed by atoms with E-state index in [1.165, 1.54) is 16.4 Å². The number of methoxy groups -OCH3 is 1. The number of fused-ring (bicyclic) bond motifs is 5. The summed E-state index contributed by atoms with van der Waals surface area (Å²) in [4.78, 5) is 37.2. The molecule has 0 aliphatic carbocycles. The summed E-state index contributed by atoms with van der Waals surface area (Å²) in [5.41, 5.74) is 2.57. The minimum Gasteiger partial charge on any atom is -0.497 e. The van der Waals surface area contributed by atoms with E-state index in [-0.39, 0.29) is 24.9 Å². The molecular formula is C25H30N6O3S. The fourth-order valence-corrected chi connectivity index (χ4v) is 6.55. The first-order chi connectivity index (χ1) is 16.5. The number of hydrogen-bond donors (Lipinski definition) is 0. The number of carbonyl (C=O) groups is 1. The largest absolute Gasteiger partial charge is 0.497 e. The Kier molecular flexibility index (Phi) is 6.10. The molecule has 1 amide bonds. The number of ether oxygens (including phenoxy) is 1. The van der Waals surface area contributed by atoms with E-state index in [4.69, 9.17) is 4.74 Å². The molecule has 184 valence electrons. The SMILES string of the molecule is C.COc1ccc(Cn2c(=O)n3ncnc3c3c4c(sc32)CN(C(=O)C2CCN(C)C2)CC4)cc1. The van der Waals surface area contributed by atoms with E-state index in [9.17, 15) is 9.59 Å². The molecule has 0 radical (unpaired) electrons. The van der Waals surface area contributed by atoms with Gasteiger partial charge in [-0.3, -0.25) is 9.36 Å². The number of rotatable bonds is 4. The van der Waals surface area contributed by atoms with E-state index >= 15 is 0 Å². The van der Waals surface area contributed by atoms with Crippen molar-refractivity contribution in [2.24, 2.45) is 5.92 Å². The third-order valence-corrected chi connectivity index (χ3v) is 8.26. The summed E-state index contributed by atoms with van der Waals surface area (Å²) >= 11 is 1.60. The number of likely N-dealkylation sites (tertiary alicyclic amines) is 1. The zero-order valence-electron chi connectivity index (χ0n) is 19.2. The fourth-order valence-electron chi connectivity index (χ4n) is 5.20. The van der Waals surface area contributed by atoms with Gasteiger partial charge in [-0.05, 0) is 49.7 Å². The van der Waals surface area contributed by atoms with Crippen LogP contribution in [0.2, 0.25) is 0 Å². The quantitative estimate of drug-likeness (QED) is 0.434. The lowest BCUT2D eigenvalue weighted by molar-refractivity contribution is -0.136. The average Bonchev–Trinajstić information content (AvgIpc) is 3.59. The van der Waals surface area contributed by atoms with Crippen molar-refractivity contribution in [2.45, 2.75) is 33.4 Å². The molecule has 3 aromatic heterocycles. The summed E-state index contributed by atoms with van der Waals surface area (Å²) in [7, 11) is 3.70. The second-order valence-electron chi connectivity index (χ2n) is 9.15. The molecule has 0 spiro atoms. The predicted octanol–water partition coefficient (Wildman–Crippen LogP) is 2.64. The van der Waals surface area contributed by atoms with E-state index in [2.05, 4.69) is 22.0 Å². The molecule has 0 bridgehead atoms. The van der Waals surface area contributed by atoms with Crippen LogP contribution in [0, 0.1) is 5.92 Å². The average molecular weight is 495 g/mol. The Morgan fingerprint density at radius 3 is 2.74 bits per heavy atom. The minimum absolute atomic E-state index is 0. The van der Waals surface area contributed by atoms with Crippen molar-refractivity contribution in [1.82, 2.24) is 29.0 Å². The third-order valence-electron chi connectivity index (χ3n) is 7.02. The minimum atomic E-state index is -0.212. The van der Waals surface area contributed by atoms with Crippen molar-refractivity contribution < 1.29 is 9.53 Å². The fraction of sp³-hybridized carbons (Fsp3) is 0.440. The van der Waals surface area contributed by atoms with Gasteiger partial charge in [-0.15, -0.1) is 11.3 Å². The molecule has 0 N–H and O–H groups in total. The van der Waals surface area contributed by atoms with Crippen LogP contribution in [0.15, 0.2) is 35.4 Å². The van der Waals surface area contributed by atoms with Gasteiger partial charge >= 0.3 is 5.69 Å². The number of thiophene rings is 1. The van der Waals surface area contributed by atoms with Crippen molar-refractivity contribution in [3.05, 3.63) is 57.1 Å². The number of aromatic nitrogens is 4. The molecule has 6 rings (SSSR count). The van der Waals surface area contributed by atoms with Crippen LogP contribution >= 0.6 is 11.3 Å². The van der Waals surface area contributed by atoms with Gasteiger partial charge in [0.25, 0.3) is 0 Å². The second-order valence-corrected chi connectivity index (χ2v) is 10.2. The van der Waals surface area contributed by atoms with Crippen molar-refractivity contribution in [3.8, 4) is 5.75 Å². The molecular weight excluding hydrogens is 464 g/mol. The molecule has 1 fully saturated rings. The zero-order valence-corrected chi connectivity index (χ0v) is 20.0. The first kappa shape index (κ1) is 23.5. The molecule has 9 nitrogen and oxygen atoms in total. The first-order valence-corrected chi connectivity index (χ1v) is 12.3. The van der Waals surface area contributed by atoms with Crippen LogP contribution in [0.1, 0.15) is 29.9 Å². The lowest BCUT2D eigenvalue weighted by atomic mass is 10.0. The van der Waals surface area contributed by atoms with Crippen LogP contribution in [-0.2, 0) is 24.3 Å². The number of carbonyl (C=O) groups excluding carboxylic acids is 1. The Bertz CT molecular complexity index is 1450. The van der Waals surface area contributed by atoms with E-state index in [0.717, 1.165) is 52.3 Å². The van der Waals surface area contributed by atoms with Crippen LogP contribution in [-0.4, -0.2) is 68.7 Å². The molecule has 35 heavy (non-hydrogen) atoms. The summed E-state index contributed by atoms with van der Waals surface area (Å²) in [6.07, 6.45) is 3.12. The number of benzene rings is 1. The van der Waals surface area contributed by atoms with E-state index in [1.54, 1.807) is 23.0 Å². The highest BCUT2D eigenvalue weighted by Crippen LogP contribution is 2.37. The number of nitrogens with zero attached hydrogens (tertiary/aromatic N) is 6. The summed E-state index contributed by atoms with van der Waals surface area (Å²) in [6, 6.07) is 7.73. The zero-order chi connectivity index (χ0) is 23.4. The topological polar surface area (TPSA) is 85.0 Å². The summed E-state index contributed by atoms with van der Waals surface area (Å²) < 4.78 is 8.44. The number of amides is 1. The number of hydrogen-bond acceptors (Lipinski definition) is 7. The first-order valence-electron chi connectivity index (χ1n) is 11.5. The van der Waals surface area contributed by atoms with Crippen molar-refractivity contribution >= 4 is 33.1 Å². The Hall–Kier alpha value is -3.24. The van der Waals surface area contributed by atoms with Gasteiger partial charge in [0, 0.05) is 18.0 Å². The molecule has 1 saturated heterocycles. The van der Waals surface area contributed by atoms with Crippen molar-refractivity contribution in [1.29, 1.82) is 0 Å². The predicted molar refractivity (Wildman–Crippen MR) is 136 cm³/mol. The molecule has 1 aromatic carbocycles. The van der Waals surface area contributed by atoms with Crippen LogP contribution in [0.3, 0.4) is 0 Å². The van der Waals surface area contributed by atoms with Gasteiger partial charge in [0.15, 0.2) is 5.65 Å². The lowest BCUT2D eigenvalue weighted by Gasteiger charge is -2.29.